The summed E-state index contributed by atoms with van der Waals surface area (Å²) < 4.78 is 8.90. The van der Waals surface area contributed by atoms with Crippen LogP contribution >= 0.6 is 11.6 Å². The number of halogens is 1. The summed E-state index contributed by atoms with van der Waals surface area (Å²) in [4.78, 5) is 17.8. The van der Waals surface area contributed by atoms with E-state index in [2.05, 4.69) is 10.1 Å². The first kappa shape index (κ1) is 18.3. The van der Waals surface area contributed by atoms with Crippen LogP contribution in [0, 0.1) is 13.8 Å². The Hall–Kier alpha value is -3.12. The zero-order valence-electron chi connectivity index (χ0n) is 15.8. The second kappa shape index (κ2) is 7.13. The second-order valence-corrected chi connectivity index (χ2v) is 6.87. The van der Waals surface area contributed by atoms with Gasteiger partial charge in [0.05, 0.1) is 23.6 Å². The van der Waals surface area contributed by atoms with Gasteiger partial charge >= 0.3 is 0 Å². The minimum atomic E-state index is -0.176. The van der Waals surface area contributed by atoms with Crippen molar-refractivity contribution in [2.75, 3.05) is 6.61 Å². The van der Waals surface area contributed by atoms with Crippen molar-refractivity contribution >= 4 is 17.2 Å². The number of aryl methyl sites for hydroxylation is 2. The minimum absolute atomic E-state index is 0.176. The van der Waals surface area contributed by atoms with Gasteiger partial charge in [-0.05, 0) is 63.2 Å². The molecule has 3 heterocycles. The van der Waals surface area contributed by atoms with E-state index in [-0.39, 0.29) is 5.56 Å². The van der Waals surface area contributed by atoms with E-state index in [4.69, 9.17) is 16.3 Å². The lowest BCUT2D eigenvalue weighted by molar-refractivity contribution is 0.342. The molecule has 0 saturated carbocycles. The molecular weight excluding hydrogens is 376 g/mol. The zero-order chi connectivity index (χ0) is 19.8. The molecule has 6 nitrogen and oxygen atoms in total. The SMILES string of the molecule is CCOc1cccn2c(=O)c(-c3cc(C)n(-c4ccc(Cl)cc4)n3)c(C)nc12. The standard InChI is InChI=1S/C21H19ClN4O2/c1-4-28-18-6-5-11-25-20(18)23-14(3)19(21(25)27)17-12-13(2)26(24-17)16-9-7-15(22)8-10-16/h5-12H,4H2,1-3H3. The number of hydrogen-bond acceptors (Lipinski definition) is 4. The van der Waals surface area contributed by atoms with Crippen LogP contribution in [0.3, 0.4) is 0 Å². The summed E-state index contributed by atoms with van der Waals surface area (Å²) in [5.41, 5.74) is 3.77. The van der Waals surface area contributed by atoms with Crippen molar-refractivity contribution in [2.24, 2.45) is 0 Å². The summed E-state index contributed by atoms with van der Waals surface area (Å²) in [5, 5.41) is 5.32. The molecule has 0 unspecified atom stereocenters. The normalized spacial score (nSPS) is 11.1. The van der Waals surface area contributed by atoms with Crippen LogP contribution in [-0.4, -0.2) is 25.8 Å². The van der Waals surface area contributed by atoms with Crippen molar-refractivity contribution < 1.29 is 4.74 Å². The van der Waals surface area contributed by atoms with Gasteiger partial charge in [0.1, 0.15) is 5.69 Å². The summed E-state index contributed by atoms with van der Waals surface area (Å²) >= 11 is 5.98. The largest absolute Gasteiger partial charge is 0.490 e. The zero-order valence-corrected chi connectivity index (χ0v) is 16.6. The molecule has 0 radical (unpaired) electrons. The van der Waals surface area contributed by atoms with Gasteiger partial charge in [-0.25, -0.2) is 9.67 Å². The topological polar surface area (TPSA) is 61.4 Å². The molecule has 0 saturated heterocycles. The van der Waals surface area contributed by atoms with Crippen molar-refractivity contribution in [3.05, 3.63) is 75.4 Å². The van der Waals surface area contributed by atoms with Crippen molar-refractivity contribution in [2.45, 2.75) is 20.8 Å². The van der Waals surface area contributed by atoms with Gasteiger partial charge in [-0.3, -0.25) is 9.20 Å². The molecule has 142 valence electrons. The predicted octanol–water partition coefficient (Wildman–Crippen LogP) is 4.22. The third-order valence-electron chi connectivity index (χ3n) is 4.51. The molecule has 1 aromatic carbocycles. The molecule has 0 N–H and O–H groups in total. The fourth-order valence-corrected chi connectivity index (χ4v) is 3.37. The average Bonchev–Trinajstić information content (AvgIpc) is 3.04. The first-order valence-corrected chi connectivity index (χ1v) is 9.35. The quantitative estimate of drug-likeness (QED) is 0.520. The lowest BCUT2D eigenvalue weighted by Crippen LogP contribution is -2.19. The molecule has 0 aliphatic carbocycles. The summed E-state index contributed by atoms with van der Waals surface area (Å²) in [6.07, 6.45) is 1.69. The molecule has 4 aromatic rings. The molecule has 0 amide bonds. The highest BCUT2D eigenvalue weighted by atomic mass is 35.5. The average molecular weight is 395 g/mol. The summed E-state index contributed by atoms with van der Waals surface area (Å²) in [6.45, 7) is 6.16. The Bertz CT molecular complexity index is 1230. The van der Waals surface area contributed by atoms with Crippen molar-refractivity contribution in [1.82, 2.24) is 19.2 Å². The Balaban J connectivity index is 1.89. The number of benzene rings is 1. The van der Waals surface area contributed by atoms with Crippen LogP contribution in [0.1, 0.15) is 18.3 Å². The molecule has 0 spiro atoms. The number of hydrogen-bond donors (Lipinski definition) is 0. The molecule has 0 atom stereocenters. The van der Waals surface area contributed by atoms with E-state index in [1.807, 2.05) is 57.2 Å². The molecular formula is C21H19ClN4O2. The summed E-state index contributed by atoms with van der Waals surface area (Å²) in [5.74, 6) is 0.583. The Kier molecular flexibility index (Phi) is 4.65. The van der Waals surface area contributed by atoms with E-state index in [1.165, 1.54) is 4.40 Å². The molecule has 0 aliphatic rings. The second-order valence-electron chi connectivity index (χ2n) is 6.44. The van der Waals surface area contributed by atoms with Crippen LogP contribution in [0.2, 0.25) is 5.02 Å². The highest BCUT2D eigenvalue weighted by Gasteiger charge is 2.18. The van der Waals surface area contributed by atoms with E-state index in [0.717, 1.165) is 11.4 Å². The van der Waals surface area contributed by atoms with E-state index < -0.39 is 0 Å². The van der Waals surface area contributed by atoms with Crippen LogP contribution in [0.15, 0.2) is 53.5 Å². The number of ether oxygens (including phenoxy) is 1. The lowest BCUT2D eigenvalue weighted by atomic mass is 10.1. The molecule has 4 rings (SSSR count). The Morgan fingerprint density at radius 1 is 1.14 bits per heavy atom. The van der Waals surface area contributed by atoms with Gasteiger partial charge in [-0.1, -0.05) is 11.6 Å². The van der Waals surface area contributed by atoms with E-state index in [1.54, 1.807) is 16.9 Å². The molecule has 0 fully saturated rings. The van der Waals surface area contributed by atoms with E-state index >= 15 is 0 Å². The van der Waals surface area contributed by atoms with E-state index in [9.17, 15) is 4.79 Å². The maximum Gasteiger partial charge on any atom is 0.267 e. The molecule has 0 bridgehead atoms. The highest BCUT2D eigenvalue weighted by molar-refractivity contribution is 6.30. The minimum Gasteiger partial charge on any atom is -0.490 e. The van der Waals surface area contributed by atoms with Crippen molar-refractivity contribution in [3.63, 3.8) is 0 Å². The van der Waals surface area contributed by atoms with Crippen LogP contribution in [0.4, 0.5) is 0 Å². The number of nitrogens with zero attached hydrogens (tertiary/aromatic N) is 4. The van der Waals surface area contributed by atoms with Gasteiger partial charge in [-0.15, -0.1) is 0 Å². The van der Waals surface area contributed by atoms with Gasteiger partial charge in [0.15, 0.2) is 11.4 Å². The molecule has 28 heavy (non-hydrogen) atoms. The molecule has 0 aliphatic heterocycles. The smallest absolute Gasteiger partial charge is 0.267 e. The number of fused-ring (bicyclic) bond motifs is 1. The highest BCUT2D eigenvalue weighted by Crippen LogP contribution is 2.24. The van der Waals surface area contributed by atoms with Crippen LogP contribution < -0.4 is 10.3 Å². The van der Waals surface area contributed by atoms with Crippen LogP contribution in [0.25, 0.3) is 22.6 Å². The monoisotopic (exact) mass is 394 g/mol. The summed E-state index contributed by atoms with van der Waals surface area (Å²) in [6, 6.07) is 12.9. The van der Waals surface area contributed by atoms with Crippen molar-refractivity contribution in [1.29, 1.82) is 0 Å². The number of pyridine rings is 1. The first-order valence-electron chi connectivity index (χ1n) is 8.97. The van der Waals surface area contributed by atoms with E-state index in [0.29, 0.717) is 40.0 Å². The third kappa shape index (κ3) is 3.05. The van der Waals surface area contributed by atoms with Crippen LogP contribution in [-0.2, 0) is 0 Å². The van der Waals surface area contributed by atoms with Crippen molar-refractivity contribution in [3.8, 4) is 22.7 Å². The molecule has 7 heteroatoms. The Labute approximate surface area is 167 Å². The lowest BCUT2D eigenvalue weighted by Gasteiger charge is -2.10. The fourth-order valence-electron chi connectivity index (χ4n) is 3.25. The van der Waals surface area contributed by atoms with Gasteiger partial charge < -0.3 is 4.74 Å². The predicted molar refractivity (Wildman–Crippen MR) is 110 cm³/mol. The van der Waals surface area contributed by atoms with Gasteiger partial charge in [0.2, 0.25) is 0 Å². The third-order valence-corrected chi connectivity index (χ3v) is 4.77. The Morgan fingerprint density at radius 3 is 2.61 bits per heavy atom. The maximum absolute atomic E-state index is 13.2. The Morgan fingerprint density at radius 2 is 1.89 bits per heavy atom. The van der Waals surface area contributed by atoms with Crippen LogP contribution in [0.5, 0.6) is 5.75 Å². The first-order chi connectivity index (χ1) is 13.5. The van der Waals surface area contributed by atoms with Gasteiger partial charge in [0.25, 0.3) is 5.56 Å². The maximum atomic E-state index is 13.2. The summed E-state index contributed by atoms with van der Waals surface area (Å²) in [7, 11) is 0. The number of rotatable bonds is 4. The fraction of sp³-hybridized carbons (Fsp3) is 0.190. The van der Waals surface area contributed by atoms with Gasteiger partial charge in [0, 0.05) is 16.9 Å². The van der Waals surface area contributed by atoms with Gasteiger partial charge in [-0.2, -0.15) is 5.10 Å². The molecule has 3 aromatic heterocycles. The number of aromatic nitrogens is 4.